The van der Waals surface area contributed by atoms with Crippen LogP contribution in [0.25, 0.3) is 0 Å². The first-order valence-electron chi connectivity index (χ1n) is 6.90. The highest BCUT2D eigenvalue weighted by molar-refractivity contribution is 5.31. The van der Waals surface area contributed by atoms with Gasteiger partial charge in [-0.1, -0.05) is 13.0 Å². The smallest absolute Gasteiger partial charge is 0.194 e. The number of hydrogen-bond acceptors (Lipinski definition) is 2. The zero-order valence-corrected chi connectivity index (χ0v) is 12.3. The van der Waals surface area contributed by atoms with Crippen LogP contribution < -0.4 is 5.32 Å². The summed E-state index contributed by atoms with van der Waals surface area (Å²) in [5, 5.41) is 7.34. The summed E-state index contributed by atoms with van der Waals surface area (Å²) in [5.74, 6) is -3.81. The third-order valence-corrected chi connectivity index (χ3v) is 3.48. The van der Waals surface area contributed by atoms with Crippen molar-refractivity contribution in [3.8, 4) is 0 Å². The Hall–Kier alpha value is -1.82. The molecular formula is C15H18F3N3. The molecule has 0 aliphatic heterocycles. The molecule has 2 rings (SSSR count). The molecule has 0 fully saturated rings. The lowest BCUT2D eigenvalue weighted by Crippen LogP contribution is -2.23. The van der Waals surface area contributed by atoms with Gasteiger partial charge in [0.25, 0.3) is 0 Å². The van der Waals surface area contributed by atoms with Crippen molar-refractivity contribution >= 4 is 0 Å². The number of rotatable bonds is 5. The minimum Gasteiger partial charge on any atom is -0.308 e. The van der Waals surface area contributed by atoms with Crippen molar-refractivity contribution in [3.05, 3.63) is 52.6 Å². The van der Waals surface area contributed by atoms with Gasteiger partial charge in [-0.05, 0) is 32.5 Å². The van der Waals surface area contributed by atoms with E-state index in [4.69, 9.17) is 0 Å². The first-order chi connectivity index (χ1) is 10.0. The van der Waals surface area contributed by atoms with Gasteiger partial charge < -0.3 is 5.32 Å². The van der Waals surface area contributed by atoms with Crippen LogP contribution in [0.2, 0.25) is 0 Å². The second-order valence-corrected chi connectivity index (χ2v) is 4.72. The van der Waals surface area contributed by atoms with Gasteiger partial charge in [0.2, 0.25) is 0 Å². The fourth-order valence-corrected chi connectivity index (χ4v) is 2.37. The molecule has 1 N–H and O–H groups in total. The lowest BCUT2D eigenvalue weighted by molar-refractivity contribution is 0.432. The Morgan fingerprint density at radius 1 is 1.19 bits per heavy atom. The normalized spacial score (nSPS) is 12.7. The van der Waals surface area contributed by atoms with E-state index in [-0.39, 0.29) is 5.56 Å². The molecule has 1 aromatic carbocycles. The summed E-state index contributed by atoms with van der Waals surface area (Å²) < 4.78 is 42.3. The third kappa shape index (κ3) is 2.81. The lowest BCUT2D eigenvalue weighted by Gasteiger charge is -2.19. The van der Waals surface area contributed by atoms with Crippen LogP contribution in [0.1, 0.15) is 36.8 Å². The SMILES string of the molecule is CCc1cc(C(NC)c2ccc(F)c(F)c2F)n(CC)n1. The molecule has 1 atom stereocenters. The topological polar surface area (TPSA) is 29.9 Å². The number of hydrogen-bond donors (Lipinski definition) is 1. The number of benzene rings is 1. The van der Waals surface area contributed by atoms with Gasteiger partial charge in [0.15, 0.2) is 17.5 Å². The first kappa shape index (κ1) is 15.6. The maximum atomic E-state index is 14.0. The van der Waals surface area contributed by atoms with Gasteiger partial charge in [-0.3, -0.25) is 4.68 Å². The zero-order valence-electron chi connectivity index (χ0n) is 12.3. The second kappa shape index (κ2) is 6.30. The van der Waals surface area contributed by atoms with Crippen molar-refractivity contribution in [1.29, 1.82) is 0 Å². The maximum absolute atomic E-state index is 14.0. The molecule has 0 aliphatic carbocycles. The average Bonchev–Trinajstić information content (AvgIpc) is 2.91. The van der Waals surface area contributed by atoms with E-state index < -0.39 is 23.5 Å². The van der Waals surface area contributed by atoms with Crippen molar-refractivity contribution in [2.45, 2.75) is 32.9 Å². The lowest BCUT2D eigenvalue weighted by atomic mass is 10.0. The molecule has 0 bridgehead atoms. The van der Waals surface area contributed by atoms with E-state index in [0.717, 1.165) is 23.9 Å². The monoisotopic (exact) mass is 297 g/mol. The Morgan fingerprint density at radius 2 is 1.90 bits per heavy atom. The first-order valence-corrected chi connectivity index (χ1v) is 6.90. The van der Waals surface area contributed by atoms with Gasteiger partial charge in [0.1, 0.15) is 0 Å². The zero-order chi connectivity index (χ0) is 15.6. The molecule has 1 aromatic heterocycles. The minimum absolute atomic E-state index is 0.0636. The summed E-state index contributed by atoms with van der Waals surface area (Å²) in [6, 6.07) is 3.46. The quantitative estimate of drug-likeness (QED) is 0.859. The van der Waals surface area contributed by atoms with Crippen LogP contribution in [-0.4, -0.2) is 16.8 Å². The molecule has 0 amide bonds. The molecule has 0 aliphatic rings. The van der Waals surface area contributed by atoms with E-state index in [1.165, 1.54) is 6.07 Å². The van der Waals surface area contributed by atoms with Gasteiger partial charge in [-0.25, -0.2) is 13.2 Å². The van der Waals surface area contributed by atoms with Crippen LogP contribution in [0.15, 0.2) is 18.2 Å². The van der Waals surface area contributed by atoms with Crippen molar-refractivity contribution in [1.82, 2.24) is 15.1 Å². The molecule has 0 spiro atoms. The Bertz CT molecular complexity index is 637. The fraction of sp³-hybridized carbons (Fsp3) is 0.400. The Labute approximate surface area is 121 Å². The van der Waals surface area contributed by atoms with Gasteiger partial charge in [0, 0.05) is 12.1 Å². The maximum Gasteiger partial charge on any atom is 0.194 e. The predicted octanol–water partition coefficient (Wildman–Crippen LogP) is 3.19. The summed E-state index contributed by atoms with van der Waals surface area (Å²) in [6.45, 7) is 4.50. The molecule has 2 aromatic rings. The van der Waals surface area contributed by atoms with E-state index in [1.807, 2.05) is 19.9 Å². The van der Waals surface area contributed by atoms with Crippen LogP contribution in [0.4, 0.5) is 13.2 Å². The summed E-state index contributed by atoms with van der Waals surface area (Å²) in [5.41, 5.74) is 1.66. The molecule has 0 radical (unpaired) electrons. The number of nitrogens with one attached hydrogen (secondary N) is 1. The summed E-state index contributed by atoms with van der Waals surface area (Å²) in [6.07, 6.45) is 0.747. The molecule has 1 unspecified atom stereocenters. The molecule has 0 saturated heterocycles. The summed E-state index contributed by atoms with van der Waals surface area (Å²) in [7, 11) is 1.64. The average molecular weight is 297 g/mol. The highest BCUT2D eigenvalue weighted by Crippen LogP contribution is 2.27. The van der Waals surface area contributed by atoms with Gasteiger partial charge in [-0.2, -0.15) is 5.10 Å². The standard InChI is InChI=1S/C15H18F3N3/c1-4-9-8-12(21(5-2)20-9)15(19-3)10-6-7-11(16)14(18)13(10)17/h6-8,15,19H,4-5H2,1-3H3. The van der Waals surface area contributed by atoms with E-state index >= 15 is 0 Å². The Kier molecular flexibility index (Phi) is 4.67. The summed E-state index contributed by atoms with van der Waals surface area (Å²) >= 11 is 0. The minimum atomic E-state index is -1.45. The molecular weight excluding hydrogens is 279 g/mol. The highest BCUT2D eigenvalue weighted by atomic mass is 19.2. The number of aromatic nitrogens is 2. The Balaban J connectivity index is 2.54. The number of halogens is 3. The molecule has 6 heteroatoms. The molecule has 1 heterocycles. The van der Waals surface area contributed by atoms with E-state index in [1.54, 1.807) is 11.7 Å². The molecule has 3 nitrogen and oxygen atoms in total. The number of aryl methyl sites for hydroxylation is 2. The molecule has 0 saturated carbocycles. The van der Waals surface area contributed by atoms with Crippen LogP contribution in [-0.2, 0) is 13.0 Å². The Morgan fingerprint density at radius 3 is 2.48 bits per heavy atom. The van der Waals surface area contributed by atoms with Crippen molar-refractivity contribution in [2.24, 2.45) is 0 Å². The van der Waals surface area contributed by atoms with Gasteiger partial charge in [0.05, 0.1) is 17.4 Å². The predicted molar refractivity (Wildman–Crippen MR) is 74.5 cm³/mol. The van der Waals surface area contributed by atoms with Crippen molar-refractivity contribution in [3.63, 3.8) is 0 Å². The van der Waals surface area contributed by atoms with E-state index in [2.05, 4.69) is 10.4 Å². The van der Waals surface area contributed by atoms with Gasteiger partial charge >= 0.3 is 0 Å². The third-order valence-electron chi connectivity index (χ3n) is 3.48. The van der Waals surface area contributed by atoms with Crippen LogP contribution in [0, 0.1) is 17.5 Å². The van der Waals surface area contributed by atoms with Crippen LogP contribution in [0.3, 0.4) is 0 Å². The second-order valence-electron chi connectivity index (χ2n) is 4.72. The summed E-state index contributed by atoms with van der Waals surface area (Å²) in [4.78, 5) is 0. The molecule has 114 valence electrons. The van der Waals surface area contributed by atoms with Crippen molar-refractivity contribution in [2.75, 3.05) is 7.05 Å². The van der Waals surface area contributed by atoms with Crippen LogP contribution >= 0.6 is 0 Å². The van der Waals surface area contributed by atoms with Crippen LogP contribution in [0.5, 0.6) is 0 Å². The van der Waals surface area contributed by atoms with E-state index in [9.17, 15) is 13.2 Å². The van der Waals surface area contributed by atoms with Crippen molar-refractivity contribution < 1.29 is 13.2 Å². The number of nitrogens with zero attached hydrogens (tertiary/aromatic N) is 2. The highest BCUT2D eigenvalue weighted by Gasteiger charge is 2.24. The van der Waals surface area contributed by atoms with E-state index in [0.29, 0.717) is 6.54 Å². The molecule has 21 heavy (non-hydrogen) atoms. The van der Waals surface area contributed by atoms with Gasteiger partial charge in [-0.15, -0.1) is 0 Å². The largest absolute Gasteiger partial charge is 0.308 e. The fourth-order valence-electron chi connectivity index (χ4n) is 2.37.